The van der Waals surface area contributed by atoms with Gasteiger partial charge >= 0.3 is 18.0 Å². The van der Waals surface area contributed by atoms with Gasteiger partial charge in [0, 0.05) is 6.42 Å². The van der Waals surface area contributed by atoms with Crippen LogP contribution in [-0.4, -0.2) is 43.9 Å². The zero-order chi connectivity index (χ0) is 21.6. The van der Waals surface area contributed by atoms with Gasteiger partial charge in [0.15, 0.2) is 0 Å². The highest BCUT2D eigenvalue weighted by Gasteiger charge is 2.26. The van der Waals surface area contributed by atoms with E-state index in [2.05, 4.69) is 19.2 Å². The largest absolute Gasteiger partial charge is 0.463 e. The Bertz CT molecular complexity index is 476. The van der Waals surface area contributed by atoms with Gasteiger partial charge in [-0.15, -0.1) is 0 Å². The minimum atomic E-state index is -0.535. The molecule has 164 valence electrons. The standard InChI is InChI=1S/C21H39NO6/c1-7-21(5,6)19(24)26-14-12-22-20(25)27-13-10-8-9-11-18(23)28-17(4)15-16(2)3/h16-17H,7-15H2,1-6H3,(H,22,25). The molecule has 28 heavy (non-hydrogen) atoms. The Balaban J connectivity index is 3.62. The summed E-state index contributed by atoms with van der Waals surface area (Å²) in [5, 5.41) is 2.54. The molecule has 0 saturated heterocycles. The van der Waals surface area contributed by atoms with Gasteiger partial charge in [-0.1, -0.05) is 20.8 Å². The first-order chi connectivity index (χ1) is 13.1. The molecular formula is C21H39NO6. The van der Waals surface area contributed by atoms with Crippen LogP contribution in [-0.2, 0) is 23.8 Å². The lowest BCUT2D eigenvalue weighted by molar-refractivity contribution is -0.154. The number of carbonyl (C=O) groups is 3. The molecule has 1 unspecified atom stereocenters. The van der Waals surface area contributed by atoms with Crippen LogP contribution in [0.2, 0.25) is 0 Å². The maximum atomic E-state index is 11.8. The van der Waals surface area contributed by atoms with Crippen LogP contribution in [0, 0.1) is 11.3 Å². The van der Waals surface area contributed by atoms with Crippen LogP contribution in [0.25, 0.3) is 0 Å². The zero-order valence-corrected chi connectivity index (χ0v) is 18.5. The Hall–Kier alpha value is -1.79. The van der Waals surface area contributed by atoms with Crippen molar-refractivity contribution in [3.63, 3.8) is 0 Å². The second-order valence-electron chi connectivity index (χ2n) is 8.18. The number of ether oxygens (including phenoxy) is 3. The van der Waals surface area contributed by atoms with Gasteiger partial charge in [0.25, 0.3) is 0 Å². The molecule has 0 fully saturated rings. The Morgan fingerprint density at radius 3 is 2.25 bits per heavy atom. The van der Waals surface area contributed by atoms with E-state index in [0.29, 0.717) is 31.6 Å². The van der Waals surface area contributed by atoms with E-state index in [0.717, 1.165) is 12.8 Å². The second kappa shape index (κ2) is 14.2. The monoisotopic (exact) mass is 401 g/mol. The molecule has 1 atom stereocenters. The summed E-state index contributed by atoms with van der Waals surface area (Å²) < 4.78 is 15.5. The molecule has 1 amide bonds. The number of esters is 2. The van der Waals surface area contributed by atoms with E-state index in [1.54, 1.807) is 0 Å². The van der Waals surface area contributed by atoms with Crippen LogP contribution in [0.5, 0.6) is 0 Å². The lowest BCUT2D eigenvalue weighted by Gasteiger charge is -2.20. The molecule has 0 rings (SSSR count). The highest BCUT2D eigenvalue weighted by Crippen LogP contribution is 2.21. The molecule has 0 spiro atoms. The lowest BCUT2D eigenvalue weighted by Crippen LogP contribution is -2.32. The van der Waals surface area contributed by atoms with Gasteiger partial charge in [0.2, 0.25) is 0 Å². The van der Waals surface area contributed by atoms with Gasteiger partial charge < -0.3 is 19.5 Å². The summed E-state index contributed by atoms with van der Waals surface area (Å²) in [5.41, 5.74) is -0.514. The first kappa shape index (κ1) is 26.2. The average Bonchev–Trinajstić information content (AvgIpc) is 2.60. The molecule has 7 nitrogen and oxygen atoms in total. The third-order valence-corrected chi connectivity index (χ3v) is 4.44. The number of hydrogen-bond acceptors (Lipinski definition) is 6. The third-order valence-electron chi connectivity index (χ3n) is 4.44. The normalized spacial score (nSPS) is 12.4. The maximum Gasteiger partial charge on any atom is 0.407 e. The molecule has 0 heterocycles. The zero-order valence-electron chi connectivity index (χ0n) is 18.5. The first-order valence-electron chi connectivity index (χ1n) is 10.4. The third kappa shape index (κ3) is 13.4. The molecular weight excluding hydrogens is 362 g/mol. The van der Waals surface area contributed by atoms with Crippen molar-refractivity contribution in [3.8, 4) is 0 Å². The van der Waals surface area contributed by atoms with Crippen LogP contribution in [0.15, 0.2) is 0 Å². The van der Waals surface area contributed by atoms with E-state index in [-0.39, 0.29) is 37.8 Å². The molecule has 0 saturated carbocycles. The van der Waals surface area contributed by atoms with Crippen LogP contribution >= 0.6 is 0 Å². The van der Waals surface area contributed by atoms with Crippen molar-refractivity contribution >= 4 is 18.0 Å². The predicted molar refractivity (Wildman–Crippen MR) is 108 cm³/mol. The lowest BCUT2D eigenvalue weighted by atomic mass is 9.91. The van der Waals surface area contributed by atoms with E-state index < -0.39 is 11.5 Å². The second-order valence-corrected chi connectivity index (χ2v) is 8.18. The van der Waals surface area contributed by atoms with Crippen molar-refractivity contribution in [2.45, 2.75) is 86.2 Å². The summed E-state index contributed by atoms with van der Waals surface area (Å²) in [6, 6.07) is 0. The van der Waals surface area contributed by atoms with E-state index in [1.165, 1.54) is 0 Å². The van der Waals surface area contributed by atoms with E-state index >= 15 is 0 Å². The van der Waals surface area contributed by atoms with E-state index in [1.807, 2.05) is 27.7 Å². The molecule has 0 aromatic carbocycles. The van der Waals surface area contributed by atoms with Crippen LogP contribution < -0.4 is 5.32 Å². The van der Waals surface area contributed by atoms with Gasteiger partial charge in [-0.05, 0) is 58.8 Å². The van der Waals surface area contributed by atoms with E-state index in [9.17, 15) is 14.4 Å². The molecule has 1 N–H and O–H groups in total. The number of hydrogen-bond donors (Lipinski definition) is 1. The Morgan fingerprint density at radius 1 is 0.964 bits per heavy atom. The summed E-state index contributed by atoms with van der Waals surface area (Å²) in [4.78, 5) is 35.0. The Kier molecular flexibility index (Phi) is 13.3. The fraction of sp³-hybridized carbons (Fsp3) is 0.857. The van der Waals surface area contributed by atoms with Gasteiger partial charge in [-0.3, -0.25) is 9.59 Å². The molecule has 0 aliphatic heterocycles. The predicted octanol–water partition coefficient (Wildman–Crippen LogP) is 4.23. The quantitative estimate of drug-likeness (QED) is 0.266. The van der Waals surface area contributed by atoms with Crippen molar-refractivity contribution < 1.29 is 28.6 Å². The average molecular weight is 402 g/mol. The van der Waals surface area contributed by atoms with Crippen molar-refractivity contribution in [1.29, 1.82) is 0 Å². The van der Waals surface area contributed by atoms with Crippen LogP contribution in [0.4, 0.5) is 4.79 Å². The van der Waals surface area contributed by atoms with Gasteiger partial charge in [-0.2, -0.15) is 0 Å². The Morgan fingerprint density at radius 2 is 1.64 bits per heavy atom. The smallest absolute Gasteiger partial charge is 0.407 e. The summed E-state index contributed by atoms with van der Waals surface area (Å²) in [5.74, 6) is 0.0521. The van der Waals surface area contributed by atoms with Crippen molar-refractivity contribution in [1.82, 2.24) is 5.32 Å². The summed E-state index contributed by atoms with van der Waals surface area (Å²) in [6.45, 7) is 12.3. The molecule has 0 aromatic heterocycles. The first-order valence-corrected chi connectivity index (χ1v) is 10.4. The summed E-state index contributed by atoms with van der Waals surface area (Å²) in [6.07, 6.45) is 3.53. The minimum absolute atomic E-state index is 0.0492. The maximum absolute atomic E-state index is 11.8. The fourth-order valence-electron chi connectivity index (χ4n) is 2.40. The van der Waals surface area contributed by atoms with Gasteiger partial charge in [0.05, 0.1) is 24.7 Å². The number of unbranched alkanes of at least 4 members (excludes halogenated alkanes) is 2. The highest BCUT2D eigenvalue weighted by atomic mass is 16.6. The van der Waals surface area contributed by atoms with Gasteiger partial charge in [-0.25, -0.2) is 4.79 Å². The molecule has 7 heteroatoms. The number of alkyl carbamates (subject to hydrolysis) is 1. The van der Waals surface area contributed by atoms with Crippen molar-refractivity contribution in [2.24, 2.45) is 11.3 Å². The number of nitrogens with one attached hydrogen (secondary N) is 1. The van der Waals surface area contributed by atoms with Crippen LogP contribution in [0.3, 0.4) is 0 Å². The number of rotatable bonds is 14. The summed E-state index contributed by atoms with van der Waals surface area (Å²) >= 11 is 0. The van der Waals surface area contributed by atoms with Gasteiger partial charge in [0.1, 0.15) is 6.61 Å². The highest BCUT2D eigenvalue weighted by molar-refractivity contribution is 5.75. The molecule has 0 radical (unpaired) electrons. The SMILES string of the molecule is CCC(C)(C)C(=O)OCCNC(=O)OCCCCCC(=O)OC(C)CC(C)C. The number of amides is 1. The summed E-state index contributed by atoms with van der Waals surface area (Å²) in [7, 11) is 0. The van der Waals surface area contributed by atoms with E-state index in [4.69, 9.17) is 14.2 Å². The van der Waals surface area contributed by atoms with Crippen LogP contribution in [0.1, 0.15) is 80.1 Å². The fourth-order valence-corrected chi connectivity index (χ4v) is 2.40. The minimum Gasteiger partial charge on any atom is -0.463 e. The molecule has 0 aliphatic rings. The molecule has 0 bridgehead atoms. The van der Waals surface area contributed by atoms with Crippen molar-refractivity contribution in [3.05, 3.63) is 0 Å². The van der Waals surface area contributed by atoms with Crippen molar-refractivity contribution in [2.75, 3.05) is 19.8 Å². The topological polar surface area (TPSA) is 90.9 Å². The Labute approximate surface area is 169 Å². The molecule has 0 aromatic rings. The number of carbonyl (C=O) groups excluding carboxylic acids is 3. The molecule has 0 aliphatic carbocycles.